The second-order valence-electron chi connectivity index (χ2n) is 12.1. The summed E-state index contributed by atoms with van der Waals surface area (Å²) in [5.74, 6) is 0.109. The van der Waals surface area contributed by atoms with Crippen LogP contribution in [0.3, 0.4) is 0 Å². The molecule has 0 aliphatic rings. The summed E-state index contributed by atoms with van der Waals surface area (Å²) in [5.41, 5.74) is 0. The Labute approximate surface area is 245 Å². The van der Waals surface area contributed by atoms with Crippen LogP contribution in [0, 0.1) is 0 Å². The maximum absolute atomic E-state index is 12.0. The van der Waals surface area contributed by atoms with Crippen molar-refractivity contribution >= 4 is 5.91 Å². The lowest BCUT2D eigenvalue weighted by molar-refractivity contribution is -0.122. The second kappa shape index (κ2) is 33.6. The molecule has 1 unspecified atom stereocenters. The monoisotopic (exact) mass is 554 g/mol. The Morgan fingerprint density at radius 1 is 0.538 bits per heavy atom. The van der Waals surface area contributed by atoms with E-state index in [1.54, 1.807) is 0 Å². The molecule has 0 heterocycles. The molecule has 0 aromatic rings. The summed E-state index contributed by atoms with van der Waals surface area (Å²) in [6, 6.07) is 0. The van der Waals surface area contributed by atoms with Crippen LogP contribution >= 0.6 is 0 Å². The quantitative estimate of drug-likeness (QED) is 0.0627. The molecule has 0 fully saturated rings. The van der Waals surface area contributed by atoms with Crippen molar-refractivity contribution in [3.05, 3.63) is 0 Å². The van der Waals surface area contributed by atoms with E-state index in [9.17, 15) is 9.90 Å². The Morgan fingerprint density at radius 3 is 1.26 bits per heavy atom. The summed E-state index contributed by atoms with van der Waals surface area (Å²) >= 11 is 0. The van der Waals surface area contributed by atoms with E-state index >= 15 is 0 Å². The van der Waals surface area contributed by atoms with E-state index in [4.69, 9.17) is 4.74 Å². The van der Waals surface area contributed by atoms with E-state index in [-0.39, 0.29) is 5.91 Å². The Morgan fingerprint density at radius 2 is 0.872 bits per heavy atom. The van der Waals surface area contributed by atoms with Gasteiger partial charge in [0.05, 0.1) is 0 Å². The highest BCUT2D eigenvalue weighted by molar-refractivity contribution is 5.75. The lowest BCUT2D eigenvalue weighted by atomic mass is 10.0. The lowest BCUT2D eigenvalue weighted by Gasteiger charge is -2.12. The number of ether oxygens (including phenoxy) is 1. The maximum atomic E-state index is 12.0. The van der Waals surface area contributed by atoms with Crippen LogP contribution in [0.15, 0.2) is 0 Å². The average molecular weight is 554 g/mol. The van der Waals surface area contributed by atoms with Gasteiger partial charge in [0.25, 0.3) is 0 Å². The normalized spacial score (nSPS) is 12.2. The fourth-order valence-corrected chi connectivity index (χ4v) is 5.33. The van der Waals surface area contributed by atoms with Crippen molar-refractivity contribution in [3.63, 3.8) is 0 Å². The van der Waals surface area contributed by atoms with Crippen molar-refractivity contribution in [1.29, 1.82) is 0 Å². The van der Waals surface area contributed by atoms with Crippen LogP contribution in [0.5, 0.6) is 0 Å². The Bertz CT molecular complexity index is 471. The fraction of sp³-hybridized carbons (Fsp3) is 0.971. The van der Waals surface area contributed by atoms with Gasteiger partial charge >= 0.3 is 0 Å². The first-order chi connectivity index (χ1) is 19.2. The summed E-state index contributed by atoms with van der Waals surface area (Å²) in [6.07, 6.45) is 36.3. The van der Waals surface area contributed by atoms with Gasteiger partial charge in [-0.2, -0.15) is 0 Å². The molecule has 2 N–H and O–H groups in total. The van der Waals surface area contributed by atoms with Crippen LogP contribution in [0.1, 0.15) is 200 Å². The smallest absolute Gasteiger partial charge is 0.219 e. The molecule has 0 aliphatic carbocycles. The molecule has 1 atom stereocenters. The summed E-state index contributed by atoms with van der Waals surface area (Å²) in [5, 5.41) is 12.9. The predicted octanol–water partition coefficient (Wildman–Crippen LogP) is 10.8. The summed E-state index contributed by atoms with van der Waals surface area (Å²) in [6.45, 7) is 5.67. The van der Waals surface area contributed by atoms with Gasteiger partial charge in [-0.05, 0) is 12.8 Å². The van der Waals surface area contributed by atoms with Crippen LogP contribution in [-0.2, 0) is 9.53 Å². The van der Waals surface area contributed by atoms with Crippen LogP contribution in [0.4, 0.5) is 0 Å². The van der Waals surface area contributed by atoms with E-state index < -0.39 is 6.29 Å². The van der Waals surface area contributed by atoms with Gasteiger partial charge in [0.2, 0.25) is 5.91 Å². The van der Waals surface area contributed by atoms with Crippen LogP contribution in [0.2, 0.25) is 0 Å². The minimum Gasteiger partial charge on any atom is -0.368 e. The molecule has 0 aromatic carbocycles. The predicted molar refractivity (Wildman–Crippen MR) is 170 cm³/mol. The number of carbonyl (C=O) groups excluding carboxylic acids is 1. The van der Waals surface area contributed by atoms with Crippen LogP contribution < -0.4 is 5.32 Å². The molecule has 0 aromatic heterocycles. The van der Waals surface area contributed by atoms with Gasteiger partial charge in [-0.1, -0.05) is 174 Å². The van der Waals surface area contributed by atoms with Gasteiger partial charge in [0.15, 0.2) is 6.29 Å². The van der Waals surface area contributed by atoms with Gasteiger partial charge < -0.3 is 15.2 Å². The largest absolute Gasteiger partial charge is 0.368 e. The van der Waals surface area contributed by atoms with E-state index in [1.807, 2.05) is 0 Å². The summed E-state index contributed by atoms with van der Waals surface area (Å²) in [4.78, 5) is 12.0. The van der Waals surface area contributed by atoms with E-state index in [2.05, 4.69) is 19.2 Å². The number of aliphatic hydroxyl groups excluding tert-OH is 1. The summed E-state index contributed by atoms with van der Waals surface area (Å²) < 4.78 is 5.52. The third kappa shape index (κ3) is 33.5. The zero-order valence-electron chi connectivity index (χ0n) is 26.8. The van der Waals surface area contributed by atoms with Gasteiger partial charge in [-0.15, -0.1) is 0 Å². The third-order valence-electron chi connectivity index (χ3n) is 8.03. The molecule has 0 saturated heterocycles. The number of hydrogen-bond acceptors (Lipinski definition) is 3. The van der Waals surface area contributed by atoms with Gasteiger partial charge in [0.1, 0.15) is 0 Å². The highest BCUT2D eigenvalue weighted by Crippen LogP contribution is 2.14. The van der Waals surface area contributed by atoms with E-state index in [0.29, 0.717) is 26.0 Å². The molecule has 0 rings (SSSR count). The van der Waals surface area contributed by atoms with Crippen molar-refractivity contribution in [3.8, 4) is 0 Å². The molecule has 1 amide bonds. The number of nitrogens with one attached hydrogen (secondary N) is 1. The van der Waals surface area contributed by atoms with E-state index in [1.165, 1.54) is 154 Å². The van der Waals surface area contributed by atoms with Crippen LogP contribution in [0.25, 0.3) is 0 Å². The molecule has 4 heteroatoms. The first-order valence-electron chi connectivity index (χ1n) is 17.8. The second-order valence-corrected chi connectivity index (χ2v) is 12.1. The molecular weight excluding hydrogens is 482 g/mol. The first-order valence-corrected chi connectivity index (χ1v) is 17.8. The van der Waals surface area contributed by atoms with Gasteiger partial charge in [-0.25, -0.2) is 0 Å². The standard InChI is InChI=1S/C35H71NO3/c1-3-5-7-9-11-13-15-17-19-21-23-25-27-29-33-39-35(38)31-32-36-34(37)30-28-26-24-22-20-18-16-14-12-10-8-6-4-2/h35,38H,3-33H2,1-2H3,(H,36,37). The highest BCUT2D eigenvalue weighted by atomic mass is 16.6. The first kappa shape index (κ1) is 38.4. The third-order valence-corrected chi connectivity index (χ3v) is 8.03. The van der Waals surface area contributed by atoms with Gasteiger partial charge in [0, 0.05) is 26.0 Å². The Hall–Kier alpha value is -0.610. The van der Waals surface area contributed by atoms with Crippen molar-refractivity contribution in [2.75, 3.05) is 13.2 Å². The molecule has 4 nitrogen and oxygen atoms in total. The van der Waals surface area contributed by atoms with Crippen molar-refractivity contribution < 1.29 is 14.6 Å². The Kier molecular flexibility index (Phi) is 33.1. The average Bonchev–Trinajstić information content (AvgIpc) is 2.93. The number of hydrogen-bond donors (Lipinski definition) is 2. The minimum atomic E-state index is -0.761. The highest BCUT2D eigenvalue weighted by Gasteiger charge is 2.06. The molecular formula is C35H71NO3. The zero-order valence-corrected chi connectivity index (χ0v) is 26.8. The van der Waals surface area contributed by atoms with Crippen molar-refractivity contribution in [2.45, 2.75) is 206 Å². The number of carbonyl (C=O) groups is 1. The van der Waals surface area contributed by atoms with Crippen molar-refractivity contribution in [2.24, 2.45) is 0 Å². The fourth-order valence-electron chi connectivity index (χ4n) is 5.33. The number of unbranched alkanes of at least 4 members (excludes halogenated alkanes) is 25. The van der Waals surface area contributed by atoms with Gasteiger partial charge in [-0.3, -0.25) is 4.79 Å². The van der Waals surface area contributed by atoms with E-state index in [0.717, 1.165) is 19.3 Å². The number of amides is 1. The number of rotatable bonds is 33. The lowest BCUT2D eigenvalue weighted by Crippen LogP contribution is -2.27. The SMILES string of the molecule is CCCCCCCCCCCCCCCCOC(O)CCNC(=O)CCCCCCCCCCCCCCC. The molecule has 0 bridgehead atoms. The topological polar surface area (TPSA) is 58.6 Å². The zero-order chi connectivity index (χ0) is 28.5. The molecule has 39 heavy (non-hydrogen) atoms. The molecule has 234 valence electrons. The molecule has 0 spiro atoms. The minimum absolute atomic E-state index is 0.109. The Balaban J connectivity index is 3.26. The molecule has 0 aliphatic heterocycles. The number of aliphatic hydroxyl groups is 1. The van der Waals surface area contributed by atoms with Crippen molar-refractivity contribution in [1.82, 2.24) is 5.32 Å². The molecule has 0 saturated carbocycles. The molecule has 0 radical (unpaired) electrons. The maximum Gasteiger partial charge on any atom is 0.219 e. The summed E-state index contributed by atoms with van der Waals surface area (Å²) in [7, 11) is 0. The van der Waals surface area contributed by atoms with Crippen LogP contribution in [-0.4, -0.2) is 30.5 Å².